The van der Waals surface area contributed by atoms with Crippen LogP contribution in [0.3, 0.4) is 0 Å². The average molecular weight is 258 g/mol. The third-order valence-corrected chi connectivity index (χ3v) is 2.71. The van der Waals surface area contributed by atoms with E-state index in [1.807, 2.05) is 42.0 Å². The Morgan fingerprint density at radius 3 is 3.05 bits per heavy atom. The molecule has 2 rings (SSSR count). The third-order valence-electron chi connectivity index (χ3n) is 2.71. The first-order valence-electron chi connectivity index (χ1n) is 6.31. The van der Waals surface area contributed by atoms with Crippen molar-refractivity contribution in [2.24, 2.45) is 0 Å². The first kappa shape index (κ1) is 13.1. The van der Waals surface area contributed by atoms with Crippen molar-refractivity contribution in [2.75, 3.05) is 11.9 Å². The Hall–Kier alpha value is -2.30. The number of nitrogens with one attached hydrogen (secondary N) is 2. The predicted octanol–water partition coefficient (Wildman–Crippen LogP) is 2.40. The van der Waals surface area contributed by atoms with Crippen LogP contribution in [-0.4, -0.2) is 22.1 Å². The molecular weight excluding hydrogens is 240 g/mol. The van der Waals surface area contributed by atoms with Crippen LogP contribution in [0.15, 0.2) is 43.0 Å². The van der Waals surface area contributed by atoms with E-state index in [-0.39, 0.29) is 6.03 Å². The van der Waals surface area contributed by atoms with Crippen molar-refractivity contribution in [3.05, 3.63) is 48.5 Å². The molecule has 0 spiro atoms. The molecule has 0 aliphatic heterocycles. The number of nitrogens with zero attached hydrogens (tertiary/aromatic N) is 2. The van der Waals surface area contributed by atoms with Crippen LogP contribution in [0.4, 0.5) is 10.5 Å². The number of amides is 2. The molecular formula is C14H18N4O. The molecule has 0 atom stereocenters. The van der Waals surface area contributed by atoms with Crippen LogP contribution < -0.4 is 10.6 Å². The highest BCUT2D eigenvalue weighted by Crippen LogP contribution is 2.08. The van der Waals surface area contributed by atoms with E-state index in [2.05, 4.69) is 15.6 Å². The molecule has 1 aromatic carbocycles. The molecule has 0 saturated carbocycles. The maximum Gasteiger partial charge on any atom is 0.319 e. The molecule has 0 radical (unpaired) electrons. The zero-order valence-corrected chi connectivity index (χ0v) is 11.0. The van der Waals surface area contributed by atoms with Gasteiger partial charge in [-0.25, -0.2) is 9.78 Å². The zero-order valence-electron chi connectivity index (χ0n) is 11.0. The third kappa shape index (κ3) is 4.46. The molecule has 2 N–H and O–H groups in total. The number of hydrogen-bond donors (Lipinski definition) is 2. The highest BCUT2D eigenvalue weighted by Gasteiger charge is 2.00. The second-order valence-corrected chi connectivity index (χ2v) is 4.40. The minimum Gasteiger partial charge on any atom is -0.338 e. The van der Waals surface area contributed by atoms with E-state index in [0.29, 0.717) is 6.54 Å². The molecule has 0 aliphatic rings. The molecule has 0 aliphatic carbocycles. The van der Waals surface area contributed by atoms with Gasteiger partial charge in [0.05, 0.1) is 6.33 Å². The molecule has 0 saturated heterocycles. The average Bonchev–Trinajstić information content (AvgIpc) is 2.88. The quantitative estimate of drug-likeness (QED) is 0.809. The van der Waals surface area contributed by atoms with E-state index in [4.69, 9.17) is 0 Å². The van der Waals surface area contributed by atoms with Crippen molar-refractivity contribution in [3.8, 4) is 0 Å². The van der Waals surface area contributed by atoms with E-state index in [0.717, 1.165) is 24.2 Å². The van der Waals surface area contributed by atoms with Gasteiger partial charge in [-0.15, -0.1) is 0 Å². The largest absolute Gasteiger partial charge is 0.338 e. The van der Waals surface area contributed by atoms with Gasteiger partial charge in [0.25, 0.3) is 0 Å². The number of benzene rings is 1. The molecule has 5 heteroatoms. The Morgan fingerprint density at radius 2 is 2.32 bits per heavy atom. The Kier molecular flexibility index (Phi) is 4.55. The minimum atomic E-state index is -0.170. The van der Waals surface area contributed by atoms with Crippen LogP contribution in [0.1, 0.15) is 12.0 Å². The smallest absolute Gasteiger partial charge is 0.319 e. The first-order valence-corrected chi connectivity index (χ1v) is 6.31. The van der Waals surface area contributed by atoms with Crippen molar-refractivity contribution in [1.29, 1.82) is 0 Å². The lowest BCUT2D eigenvalue weighted by Crippen LogP contribution is -2.30. The summed E-state index contributed by atoms with van der Waals surface area (Å²) in [4.78, 5) is 15.6. The van der Waals surface area contributed by atoms with Gasteiger partial charge in [0.1, 0.15) is 0 Å². The zero-order chi connectivity index (χ0) is 13.5. The van der Waals surface area contributed by atoms with Crippen molar-refractivity contribution >= 4 is 11.7 Å². The van der Waals surface area contributed by atoms with Crippen molar-refractivity contribution in [2.45, 2.75) is 19.9 Å². The number of rotatable bonds is 5. The SMILES string of the molecule is Cc1cccc(NC(=O)NCCCn2ccnc2)c1. The molecule has 19 heavy (non-hydrogen) atoms. The number of imidazole rings is 1. The van der Waals surface area contributed by atoms with E-state index < -0.39 is 0 Å². The number of hydrogen-bond acceptors (Lipinski definition) is 2. The molecule has 0 bridgehead atoms. The van der Waals surface area contributed by atoms with Crippen LogP contribution in [0.25, 0.3) is 0 Å². The fraction of sp³-hybridized carbons (Fsp3) is 0.286. The summed E-state index contributed by atoms with van der Waals surface area (Å²) in [5.41, 5.74) is 1.94. The van der Waals surface area contributed by atoms with Crippen LogP contribution >= 0.6 is 0 Å². The van der Waals surface area contributed by atoms with Crippen LogP contribution in [0, 0.1) is 6.92 Å². The van der Waals surface area contributed by atoms with E-state index in [1.165, 1.54) is 0 Å². The molecule has 0 unspecified atom stereocenters. The minimum absolute atomic E-state index is 0.170. The Balaban J connectivity index is 1.67. The number of carbonyl (C=O) groups is 1. The fourth-order valence-electron chi connectivity index (χ4n) is 1.78. The van der Waals surface area contributed by atoms with Gasteiger partial charge >= 0.3 is 6.03 Å². The Bertz CT molecular complexity index is 522. The van der Waals surface area contributed by atoms with Crippen molar-refractivity contribution in [1.82, 2.24) is 14.9 Å². The van der Waals surface area contributed by atoms with Crippen molar-refractivity contribution < 1.29 is 4.79 Å². The summed E-state index contributed by atoms with van der Waals surface area (Å²) in [7, 11) is 0. The summed E-state index contributed by atoms with van der Waals surface area (Å²) < 4.78 is 1.99. The summed E-state index contributed by atoms with van der Waals surface area (Å²) in [5, 5.41) is 5.64. The first-order chi connectivity index (χ1) is 9.24. The predicted molar refractivity (Wildman–Crippen MR) is 75.0 cm³/mol. The molecule has 1 heterocycles. The number of aromatic nitrogens is 2. The molecule has 2 aromatic rings. The van der Waals surface area contributed by atoms with Gasteiger partial charge in [0.15, 0.2) is 0 Å². The number of urea groups is 1. The fourth-order valence-corrected chi connectivity index (χ4v) is 1.78. The lowest BCUT2D eigenvalue weighted by Gasteiger charge is -2.08. The number of anilines is 1. The van der Waals surface area contributed by atoms with Gasteiger partial charge in [-0.1, -0.05) is 12.1 Å². The Labute approximate surface area is 112 Å². The number of carbonyl (C=O) groups excluding carboxylic acids is 1. The Morgan fingerprint density at radius 1 is 1.42 bits per heavy atom. The van der Waals surface area contributed by atoms with E-state index >= 15 is 0 Å². The van der Waals surface area contributed by atoms with Gasteiger partial charge in [0, 0.05) is 31.2 Å². The maximum absolute atomic E-state index is 11.6. The van der Waals surface area contributed by atoms with Gasteiger partial charge in [-0.2, -0.15) is 0 Å². The topological polar surface area (TPSA) is 59.0 Å². The highest BCUT2D eigenvalue weighted by molar-refractivity contribution is 5.89. The second-order valence-electron chi connectivity index (χ2n) is 4.40. The molecule has 5 nitrogen and oxygen atoms in total. The lowest BCUT2D eigenvalue weighted by molar-refractivity contribution is 0.252. The monoisotopic (exact) mass is 258 g/mol. The van der Waals surface area contributed by atoms with Gasteiger partial charge in [-0.05, 0) is 31.0 Å². The van der Waals surface area contributed by atoms with Gasteiger partial charge in [-0.3, -0.25) is 0 Å². The van der Waals surface area contributed by atoms with Crippen LogP contribution in [0.2, 0.25) is 0 Å². The summed E-state index contributed by atoms with van der Waals surface area (Å²) in [6.45, 7) is 3.48. The number of aryl methyl sites for hydroxylation is 2. The molecule has 1 aromatic heterocycles. The summed E-state index contributed by atoms with van der Waals surface area (Å²) >= 11 is 0. The molecule has 2 amide bonds. The molecule has 0 fully saturated rings. The second kappa shape index (κ2) is 6.58. The summed E-state index contributed by atoms with van der Waals surface area (Å²) in [6.07, 6.45) is 6.30. The van der Waals surface area contributed by atoms with Crippen LogP contribution in [-0.2, 0) is 6.54 Å². The molecule has 100 valence electrons. The van der Waals surface area contributed by atoms with Gasteiger partial charge in [0.2, 0.25) is 0 Å². The highest BCUT2D eigenvalue weighted by atomic mass is 16.2. The lowest BCUT2D eigenvalue weighted by atomic mass is 10.2. The standard InChI is InChI=1S/C14H18N4O/c1-12-4-2-5-13(10-12)17-14(19)16-6-3-8-18-9-7-15-11-18/h2,4-5,7,9-11H,3,6,8H2,1H3,(H2,16,17,19). The van der Waals surface area contributed by atoms with Crippen LogP contribution in [0.5, 0.6) is 0 Å². The maximum atomic E-state index is 11.6. The van der Waals surface area contributed by atoms with E-state index in [1.54, 1.807) is 12.5 Å². The normalized spacial score (nSPS) is 10.2. The summed E-state index contributed by atoms with van der Waals surface area (Å²) in [5.74, 6) is 0. The van der Waals surface area contributed by atoms with E-state index in [9.17, 15) is 4.79 Å². The van der Waals surface area contributed by atoms with Crippen molar-refractivity contribution in [3.63, 3.8) is 0 Å². The van der Waals surface area contributed by atoms with Gasteiger partial charge < -0.3 is 15.2 Å². The summed E-state index contributed by atoms with van der Waals surface area (Å²) in [6, 6.07) is 7.55.